The van der Waals surface area contributed by atoms with Gasteiger partial charge in [-0.25, -0.2) is 4.98 Å². The van der Waals surface area contributed by atoms with E-state index in [4.69, 9.17) is 0 Å². The van der Waals surface area contributed by atoms with E-state index in [2.05, 4.69) is 25.1 Å². The Morgan fingerprint density at radius 1 is 1.55 bits per heavy atom. The normalized spacial score (nSPS) is 17.8. The van der Waals surface area contributed by atoms with Crippen molar-refractivity contribution in [2.45, 2.75) is 39.8 Å². The molecule has 2 N–H and O–H groups in total. The highest BCUT2D eigenvalue weighted by Crippen LogP contribution is 2.19. The van der Waals surface area contributed by atoms with E-state index >= 15 is 0 Å². The molecule has 6 nitrogen and oxygen atoms in total. The first-order chi connectivity index (χ1) is 9.65. The van der Waals surface area contributed by atoms with E-state index in [1.165, 1.54) is 0 Å². The number of hydrogen-bond acceptors (Lipinski definition) is 3. The molecule has 2 aromatic heterocycles. The van der Waals surface area contributed by atoms with E-state index in [0.29, 0.717) is 6.54 Å². The molecule has 0 radical (unpaired) electrons. The van der Waals surface area contributed by atoms with Crippen LogP contribution in [0, 0.1) is 19.8 Å². The SMILES string of the molecule is Cc1n[nH]c(C)c1CNC(=O)C1CCn2ccnc2C1. The number of aryl methyl sites for hydroxylation is 3. The summed E-state index contributed by atoms with van der Waals surface area (Å²) in [6.45, 7) is 5.33. The summed E-state index contributed by atoms with van der Waals surface area (Å²) in [6, 6.07) is 0. The Morgan fingerprint density at radius 2 is 2.40 bits per heavy atom. The third kappa shape index (κ3) is 2.33. The van der Waals surface area contributed by atoms with Crippen molar-refractivity contribution in [3.05, 3.63) is 35.2 Å². The smallest absolute Gasteiger partial charge is 0.223 e. The summed E-state index contributed by atoms with van der Waals surface area (Å²) < 4.78 is 2.12. The highest BCUT2D eigenvalue weighted by molar-refractivity contribution is 5.79. The van der Waals surface area contributed by atoms with Crippen LogP contribution in [0.2, 0.25) is 0 Å². The number of carbonyl (C=O) groups excluding carboxylic acids is 1. The van der Waals surface area contributed by atoms with Gasteiger partial charge in [0.25, 0.3) is 0 Å². The molecule has 20 heavy (non-hydrogen) atoms. The third-order valence-corrected chi connectivity index (χ3v) is 4.04. The van der Waals surface area contributed by atoms with Crippen LogP contribution in [0.1, 0.15) is 29.2 Å². The summed E-state index contributed by atoms with van der Waals surface area (Å²) in [5, 5.41) is 10.1. The highest BCUT2D eigenvalue weighted by atomic mass is 16.1. The number of hydrogen-bond donors (Lipinski definition) is 2. The monoisotopic (exact) mass is 273 g/mol. The number of nitrogens with zero attached hydrogens (tertiary/aromatic N) is 3. The number of imidazole rings is 1. The molecule has 1 aliphatic rings. The molecule has 0 saturated carbocycles. The lowest BCUT2D eigenvalue weighted by Gasteiger charge is -2.22. The second-order valence-electron chi connectivity index (χ2n) is 5.36. The number of fused-ring (bicyclic) bond motifs is 1. The van der Waals surface area contributed by atoms with E-state index in [0.717, 1.165) is 42.2 Å². The summed E-state index contributed by atoms with van der Waals surface area (Å²) >= 11 is 0. The van der Waals surface area contributed by atoms with Gasteiger partial charge in [0.2, 0.25) is 5.91 Å². The van der Waals surface area contributed by atoms with Crippen LogP contribution in [0.25, 0.3) is 0 Å². The van der Waals surface area contributed by atoms with Crippen molar-refractivity contribution >= 4 is 5.91 Å². The van der Waals surface area contributed by atoms with Crippen molar-refractivity contribution < 1.29 is 4.79 Å². The highest BCUT2D eigenvalue weighted by Gasteiger charge is 2.25. The van der Waals surface area contributed by atoms with Crippen molar-refractivity contribution in [2.24, 2.45) is 5.92 Å². The number of aromatic amines is 1. The van der Waals surface area contributed by atoms with Gasteiger partial charge >= 0.3 is 0 Å². The molecule has 3 rings (SSSR count). The summed E-state index contributed by atoms with van der Waals surface area (Å²) in [5.41, 5.74) is 3.04. The quantitative estimate of drug-likeness (QED) is 0.879. The zero-order chi connectivity index (χ0) is 14.1. The van der Waals surface area contributed by atoms with Crippen LogP contribution in [-0.2, 0) is 24.3 Å². The first-order valence-corrected chi connectivity index (χ1v) is 6.93. The summed E-state index contributed by atoms with van der Waals surface area (Å²) in [4.78, 5) is 16.6. The van der Waals surface area contributed by atoms with Gasteiger partial charge in [0, 0.05) is 49.1 Å². The van der Waals surface area contributed by atoms with Gasteiger partial charge in [0.05, 0.1) is 5.69 Å². The van der Waals surface area contributed by atoms with Crippen molar-refractivity contribution in [3.63, 3.8) is 0 Å². The summed E-state index contributed by atoms with van der Waals surface area (Å²) in [5.74, 6) is 1.14. The van der Waals surface area contributed by atoms with Gasteiger partial charge in [-0.2, -0.15) is 5.10 Å². The van der Waals surface area contributed by atoms with Gasteiger partial charge in [-0.05, 0) is 20.3 Å². The fraction of sp³-hybridized carbons (Fsp3) is 0.500. The Balaban J connectivity index is 1.61. The lowest BCUT2D eigenvalue weighted by Crippen LogP contribution is -2.35. The minimum atomic E-state index is 0.0254. The van der Waals surface area contributed by atoms with Crippen molar-refractivity contribution in [1.29, 1.82) is 0 Å². The summed E-state index contributed by atoms with van der Waals surface area (Å²) in [7, 11) is 0. The van der Waals surface area contributed by atoms with E-state index in [1.54, 1.807) is 6.20 Å². The van der Waals surface area contributed by atoms with Crippen LogP contribution in [0.5, 0.6) is 0 Å². The fourth-order valence-corrected chi connectivity index (χ4v) is 2.73. The topological polar surface area (TPSA) is 75.6 Å². The van der Waals surface area contributed by atoms with Crippen LogP contribution in [0.15, 0.2) is 12.4 Å². The second-order valence-corrected chi connectivity index (χ2v) is 5.36. The number of amides is 1. The van der Waals surface area contributed by atoms with E-state index in [-0.39, 0.29) is 11.8 Å². The first-order valence-electron chi connectivity index (χ1n) is 6.93. The van der Waals surface area contributed by atoms with Gasteiger partial charge in [-0.3, -0.25) is 9.89 Å². The van der Waals surface area contributed by atoms with Crippen LogP contribution in [0.4, 0.5) is 0 Å². The average Bonchev–Trinajstić information content (AvgIpc) is 3.03. The molecule has 1 atom stereocenters. The van der Waals surface area contributed by atoms with Crippen LogP contribution >= 0.6 is 0 Å². The molecule has 0 fully saturated rings. The Morgan fingerprint density at radius 3 is 3.15 bits per heavy atom. The summed E-state index contributed by atoms with van der Waals surface area (Å²) in [6.07, 6.45) is 5.37. The molecular weight excluding hydrogens is 254 g/mol. The van der Waals surface area contributed by atoms with Crippen molar-refractivity contribution in [1.82, 2.24) is 25.1 Å². The molecule has 0 spiro atoms. The maximum absolute atomic E-state index is 12.3. The van der Waals surface area contributed by atoms with Gasteiger partial charge in [-0.15, -0.1) is 0 Å². The second kappa shape index (κ2) is 5.11. The molecule has 1 unspecified atom stereocenters. The molecule has 1 aliphatic heterocycles. The minimum Gasteiger partial charge on any atom is -0.352 e. The molecule has 0 bridgehead atoms. The average molecular weight is 273 g/mol. The van der Waals surface area contributed by atoms with Gasteiger partial charge in [0.15, 0.2) is 0 Å². The van der Waals surface area contributed by atoms with Crippen molar-refractivity contribution in [3.8, 4) is 0 Å². The predicted molar refractivity (Wildman–Crippen MR) is 73.9 cm³/mol. The number of nitrogens with one attached hydrogen (secondary N) is 2. The molecule has 0 aromatic carbocycles. The van der Waals surface area contributed by atoms with Crippen LogP contribution < -0.4 is 5.32 Å². The molecular formula is C14H19N5O. The Kier molecular flexibility index (Phi) is 3.30. The van der Waals surface area contributed by atoms with Gasteiger partial charge in [-0.1, -0.05) is 0 Å². The van der Waals surface area contributed by atoms with E-state index < -0.39 is 0 Å². The lowest BCUT2D eigenvalue weighted by molar-refractivity contribution is -0.125. The molecule has 0 saturated heterocycles. The Hall–Kier alpha value is -2.11. The van der Waals surface area contributed by atoms with Gasteiger partial charge < -0.3 is 9.88 Å². The maximum atomic E-state index is 12.3. The number of H-pyrrole nitrogens is 1. The van der Waals surface area contributed by atoms with Crippen LogP contribution in [-0.4, -0.2) is 25.7 Å². The zero-order valence-corrected chi connectivity index (χ0v) is 11.8. The Bertz CT molecular complexity index is 608. The number of carbonyl (C=O) groups is 1. The van der Waals surface area contributed by atoms with Crippen LogP contribution in [0.3, 0.4) is 0 Å². The Labute approximate surface area is 117 Å². The number of rotatable bonds is 3. The van der Waals surface area contributed by atoms with E-state index in [1.807, 2.05) is 20.0 Å². The number of aromatic nitrogens is 4. The minimum absolute atomic E-state index is 0.0254. The van der Waals surface area contributed by atoms with Crippen molar-refractivity contribution in [2.75, 3.05) is 0 Å². The molecule has 0 aliphatic carbocycles. The largest absolute Gasteiger partial charge is 0.352 e. The molecule has 1 amide bonds. The fourth-order valence-electron chi connectivity index (χ4n) is 2.73. The molecule has 106 valence electrons. The standard InChI is InChI=1S/C14H19N5O/c1-9-12(10(2)18-17-9)8-16-14(20)11-3-5-19-6-4-15-13(19)7-11/h4,6,11H,3,5,7-8H2,1-2H3,(H,16,20)(H,17,18). The lowest BCUT2D eigenvalue weighted by atomic mass is 9.97. The first kappa shape index (κ1) is 12.9. The maximum Gasteiger partial charge on any atom is 0.223 e. The van der Waals surface area contributed by atoms with E-state index in [9.17, 15) is 4.79 Å². The third-order valence-electron chi connectivity index (χ3n) is 4.04. The molecule has 3 heterocycles. The predicted octanol–water partition coefficient (Wildman–Crippen LogP) is 1.10. The van der Waals surface area contributed by atoms with Gasteiger partial charge in [0.1, 0.15) is 5.82 Å². The zero-order valence-electron chi connectivity index (χ0n) is 11.8. The molecule has 2 aromatic rings. The molecule has 6 heteroatoms.